The van der Waals surface area contributed by atoms with Crippen molar-refractivity contribution < 1.29 is 19.4 Å². The van der Waals surface area contributed by atoms with Crippen LogP contribution in [0.1, 0.15) is 26.7 Å². The van der Waals surface area contributed by atoms with E-state index in [1.807, 2.05) is 13.8 Å². The summed E-state index contributed by atoms with van der Waals surface area (Å²) in [5.74, 6) is -1.20. The van der Waals surface area contributed by atoms with Gasteiger partial charge in [0.1, 0.15) is 11.5 Å². The van der Waals surface area contributed by atoms with E-state index in [1.165, 1.54) is 0 Å². The number of nitrogens with one attached hydrogen (secondary N) is 1. The summed E-state index contributed by atoms with van der Waals surface area (Å²) in [5.41, 5.74) is 2.74. The minimum Gasteiger partial charge on any atom is -0.481 e. The summed E-state index contributed by atoms with van der Waals surface area (Å²) >= 11 is 5.86. The molecule has 2 aromatic rings. The number of hydrogen-bond acceptors (Lipinski definition) is 3. The van der Waals surface area contributed by atoms with Gasteiger partial charge in [0.05, 0.1) is 11.8 Å². The number of halogens is 1. The molecule has 0 bridgehead atoms. The molecule has 28 heavy (non-hydrogen) atoms. The molecule has 6 heteroatoms. The minimum atomic E-state index is -0.932. The molecule has 2 atom stereocenters. The first kappa shape index (κ1) is 20.0. The monoisotopic (exact) mass is 399 g/mol. The van der Waals surface area contributed by atoms with Gasteiger partial charge in [0, 0.05) is 10.7 Å². The molecule has 0 heterocycles. The van der Waals surface area contributed by atoms with E-state index < -0.39 is 17.8 Å². The molecule has 1 aliphatic rings. The number of hydrogen-bond donors (Lipinski definition) is 2. The minimum absolute atomic E-state index is 0.273. The number of carboxylic acid groups (broad SMARTS) is 1. The highest BCUT2D eigenvalue weighted by Gasteiger charge is 2.37. The topological polar surface area (TPSA) is 75.6 Å². The van der Waals surface area contributed by atoms with Crippen LogP contribution < -0.4 is 10.1 Å². The third-order valence-electron chi connectivity index (χ3n) is 5.09. The molecule has 1 amide bonds. The molecule has 3 rings (SSSR count). The van der Waals surface area contributed by atoms with Crippen molar-refractivity contribution in [1.82, 2.24) is 0 Å². The van der Waals surface area contributed by atoms with Crippen molar-refractivity contribution in [2.24, 2.45) is 11.8 Å². The summed E-state index contributed by atoms with van der Waals surface area (Å²) in [5, 5.41) is 13.0. The van der Waals surface area contributed by atoms with Crippen LogP contribution in [0.25, 0.3) is 0 Å². The zero-order valence-corrected chi connectivity index (χ0v) is 16.5. The lowest BCUT2D eigenvalue weighted by molar-refractivity contribution is -0.146. The smallest absolute Gasteiger partial charge is 0.307 e. The summed E-state index contributed by atoms with van der Waals surface area (Å²) in [6.07, 6.45) is 0.875. The fourth-order valence-electron chi connectivity index (χ4n) is 3.31. The zero-order chi connectivity index (χ0) is 20.3. The van der Waals surface area contributed by atoms with E-state index in [2.05, 4.69) is 5.32 Å². The Morgan fingerprint density at radius 2 is 1.43 bits per heavy atom. The molecule has 0 unspecified atom stereocenters. The number of aliphatic carboxylic acids is 1. The van der Waals surface area contributed by atoms with Crippen LogP contribution in [0.5, 0.6) is 11.5 Å². The quantitative estimate of drug-likeness (QED) is 0.649. The van der Waals surface area contributed by atoms with E-state index in [9.17, 15) is 14.7 Å². The first-order chi connectivity index (χ1) is 13.3. The number of carboxylic acids is 1. The second-order valence-electron chi connectivity index (χ2n) is 7.09. The maximum Gasteiger partial charge on any atom is 0.307 e. The Kier molecular flexibility index (Phi) is 6.05. The summed E-state index contributed by atoms with van der Waals surface area (Å²) in [7, 11) is 0. The Hall–Kier alpha value is -2.79. The maximum atomic E-state index is 12.7. The fourth-order valence-corrected chi connectivity index (χ4v) is 3.43. The van der Waals surface area contributed by atoms with E-state index in [0.29, 0.717) is 35.1 Å². The van der Waals surface area contributed by atoms with Crippen molar-refractivity contribution in [3.05, 3.63) is 64.7 Å². The van der Waals surface area contributed by atoms with Gasteiger partial charge in [-0.2, -0.15) is 0 Å². The van der Waals surface area contributed by atoms with Crippen LogP contribution in [0.4, 0.5) is 5.69 Å². The molecule has 1 aliphatic carbocycles. The Bertz CT molecular complexity index is 903. The summed E-state index contributed by atoms with van der Waals surface area (Å²) < 4.78 is 5.73. The predicted octanol–water partition coefficient (Wildman–Crippen LogP) is 5.52. The molecule has 0 saturated heterocycles. The van der Waals surface area contributed by atoms with Gasteiger partial charge < -0.3 is 15.2 Å². The number of amides is 1. The lowest BCUT2D eigenvalue weighted by Gasteiger charge is -2.29. The Morgan fingerprint density at radius 1 is 0.929 bits per heavy atom. The predicted molar refractivity (Wildman–Crippen MR) is 109 cm³/mol. The van der Waals surface area contributed by atoms with Crippen molar-refractivity contribution in [2.75, 3.05) is 5.32 Å². The van der Waals surface area contributed by atoms with Crippen molar-refractivity contribution in [1.29, 1.82) is 0 Å². The Labute approximate surface area is 169 Å². The average Bonchev–Trinajstić information content (AvgIpc) is 2.66. The number of carbonyl (C=O) groups excluding carboxylic acids is 1. The number of anilines is 1. The van der Waals surface area contributed by atoms with E-state index >= 15 is 0 Å². The third kappa shape index (κ3) is 4.73. The molecule has 0 fully saturated rings. The van der Waals surface area contributed by atoms with Crippen LogP contribution in [0.2, 0.25) is 5.02 Å². The highest BCUT2D eigenvalue weighted by molar-refractivity contribution is 6.30. The van der Waals surface area contributed by atoms with Gasteiger partial charge in [0.2, 0.25) is 5.91 Å². The van der Waals surface area contributed by atoms with Gasteiger partial charge in [0.15, 0.2) is 0 Å². The molecule has 0 saturated carbocycles. The zero-order valence-electron chi connectivity index (χ0n) is 15.7. The van der Waals surface area contributed by atoms with E-state index in [4.69, 9.17) is 16.3 Å². The van der Waals surface area contributed by atoms with Crippen LogP contribution in [0.3, 0.4) is 0 Å². The van der Waals surface area contributed by atoms with Gasteiger partial charge in [-0.15, -0.1) is 0 Å². The fraction of sp³-hybridized carbons (Fsp3) is 0.273. The summed E-state index contributed by atoms with van der Waals surface area (Å²) in [6.45, 7) is 3.88. The first-order valence-corrected chi connectivity index (χ1v) is 9.43. The maximum absolute atomic E-state index is 12.7. The van der Waals surface area contributed by atoms with Gasteiger partial charge >= 0.3 is 5.97 Å². The molecule has 146 valence electrons. The van der Waals surface area contributed by atoms with Crippen molar-refractivity contribution in [3.63, 3.8) is 0 Å². The molecule has 0 spiro atoms. The molecule has 2 N–H and O–H groups in total. The van der Waals surface area contributed by atoms with Crippen molar-refractivity contribution in [3.8, 4) is 11.5 Å². The van der Waals surface area contributed by atoms with Gasteiger partial charge in [-0.3, -0.25) is 9.59 Å². The molecular formula is C22H22ClNO4. The van der Waals surface area contributed by atoms with Crippen molar-refractivity contribution >= 4 is 29.2 Å². The Balaban J connectivity index is 1.66. The van der Waals surface area contributed by atoms with Gasteiger partial charge in [0.25, 0.3) is 0 Å². The largest absolute Gasteiger partial charge is 0.481 e. The molecule has 2 aromatic carbocycles. The van der Waals surface area contributed by atoms with Crippen molar-refractivity contribution in [2.45, 2.75) is 26.7 Å². The highest BCUT2D eigenvalue weighted by Crippen LogP contribution is 2.35. The number of carbonyl (C=O) groups is 2. The lowest BCUT2D eigenvalue weighted by Crippen LogP contribution is -2.36. The van der Waals surface area contributed by atoms with Crippen LogP contribution in [-0.2, 0) is 9.59 Å². The second-order valence-corrected chi connectivity index (χ2v) is 7.53. The molecule has 0 aromatic heterocycles. The standard InChI is InChI=1S/C22H22ClNO4/c1-13-11-19(20(22(26)27)12-14(13)2)21(25)24-16-5-9-18(10-6-16)28-17-7-3-15(23)4-8-17/h3-10,19-20H,11-12H2,1-2H3,(H,24,25)(H,26,27)/t19-,20+/m0/s1. The van der Waals surface area contributed by atoms with Crippen LogP contribution in [0, 0.1) is 11.8 Å². The Morgan fingerprint density at radius 3 is 1.96 bits per heavy atom. The first-order valence-electron chi connectivity index (χ1n) is 9.06. The SMILES string of the molecule is CC1=C(C)C[C@@H](C(=O)O)[C@@H](C(=O)Nc2ccc(Oc3ccc(Cl)cc3)cc2)C1. The lowest BCUT2D eigenvalue weighted by atomic mass is 9.76. The van der Waals surface area contributed by atoms with Gasteiger partial charge in [-0.25, -0.2) is 0 Å². The normalized spacial score (nSPS) is 19.2. The summed E-state index contributed by atoms with van der Waals surface area (Å²) in [4.78, 5) is 24.3. The second kappa shape index (κ2) is 8.48. The highest BCUT2D eigenvalue weighted by atomic mass is 35.5. The van der Waals surface area contributed by atoms with Crippen LogP contribution >= 0.6 is 11.6 Å². The van der Waals surface area contributed by atoms with Crippen LogP contribution in [0.15, 0.2) is 59.7 Å². The molecule has 5 nitrogen and oxygen atoms in total. The summed E-state index contributed by atoms with van der Waals surface area (Å²) in [6, 6.07) is 14.0. The van der Waals surface area contributed by atoms with Gasteiger partial charge in [-0.05, 0) is 75.2 Å². The molecular weight excluding hydrogens is 378 g/mol. The molecule has 0 aliphatic heterocycles. The van der Waals surface area contributed by atoms with Gasteiger partial charge in [-0.1, -0.05) is 22.7 Å². The van der Waals surface area contributed by atoms with E-state index in [0.717, 1.165) is 11.1 Å². The van der Waals surface area contributed by atoms with Crippen LogP contribution in [-0.4, -0.2) is 17.0 Å². The number of allylic oxidation sites excluding steroid dienone is 2. The van der Waals surface area contributed by atoms with E-state index in [1.54, 1.807) is 48.5 Å². The number of benzene rings is 2. The third-order valence-corrected chi connectivity index (χ3v) is 5.34. The number of ether oxygens (including phenoxy) is 1. The average molecular weight is 400 g/mol. The van der Waals surface area contributed by atoms with E-state index in [-0.39, 0.29) is 5.91 Å². The number of rotatable bonds is 5. The molecule has 0 radical (unpaired) electrons.